The number of aromatic nitrogens is 1. The van der Waals surface area contributed by atoms with Crippen molar-refractivity contribution in [1.82, 2.24) is 10.3 Å². The molecule has 188 valence electrons. The Bertz CT molecular complexity index is 1220. The molecule has 8 nitrogen and oxygen atoms in total. The summed E-state index contributed by atoms with van der Waals surface area (Å²) in [4.78, 5) is 42.0. The molecule has 1 aliphatic rings. The second-order valence-electron chi connectivity index (χ2n) is 8.26. The number of ether oxygens (including phenoxy) is 1. The zero-order chi connectivity index (χ0) is 25.7. The summed E-state index contributed by atoms with van der Waals surface area (Å²) in [6.07, 6.45) is -0.763. The first-order valence-corrected chi connectivity index (χ1v) is 13.6. The van der Waals surface area contributed by atoms with Crippen molar-refractivity contribution < 1.29 is 24.2 Å². The number of amides is 2. The van der Waals surface area contributed by atoms with Crippen LogP contribution >= 0.6 is 23.1 Å². The van der Waals surface area contributed by atoms with Crippen molar-refractivity contribution in [2.45, 2.75) is 31.6 Å². The highest BCUT2D eigenvalue weighted by atomic mass is 32.2. The van der Waals surface area contributed by atoms with E-state index < -0.39 is 18.1 Å². The van der Waals surface area contributed by atoms with Crippen molar-refractivity contribution >= 4 is 46.2 Å². The van der Waals surface area contributed by atoms with Gasteiger partial charge in [-0.15, -0.1) is 11.3 Å². The van der Waals surface area contributed by atoms with E-state index in [9.17, 15) is 19.5 Å². The van der Waals surface area contributed by atoms with Gasteiger partial charge in [0, 0.05) is 36.3 Å². The summed E-state index contributed by atoms with van der Waals surface area (Å²) in [5.74, 6) is -0.705. The van der Waals surface area contributed by atoms with Gasteiger partial charge in [0.1, 0.15) is 12.6 Å². The summed E-state index contributed by atoms with van der Waals surface area (Å²) in [6, 6.07) is 14.9. The van der Waals surface area contributed by atoms with Gasteiger partial charge in [0.25, 0.3) is 0 Å². The minimum absolute atomic E-state index is 0.0794. The molecule has 2 amide bonds. The van der Waals surface area contributed by atoms with Crippen molar-refractivity contribution in [2.24, 2.45) is 0 Å². The average Bonchev–Trinajstić information content (AvgIpc) is 3.45. The van der Waals surface area contributed by atoms with Gasteiger partial charge in [-0.25, -0.2) is 14.6 Å². The number of carboxylic acids is 1. The average molecular weight is 526 g/mol. The predicted octanol–water partition coefficient (Wildman–Crippen LogP) is 4.74. The smallest absolute Gasteiger partial charge is 0.407 e. The Morgan fingerprint density at radius 1 is 1.14 bits per heavy atom. The van der Waals surface area contributed by atoms with Gasteiger partial charge in [0.2, 0.25) is 5.91 Å². The van der Waals surface area contributed by atoms with Gasteiger partial charge >= 0.3 is 12.1 Å². The maximum Gasteiger partial charge on any atom is 0.407 e. The monoisotopic (exact) mass is 525 g/mol. The fourth-order valence-electron chi connectivity index (χ4n) is 4.22. The molecule has 0 spiro atoms. The minimum atomic E-state index is -1.14. The molecule has 1 aliphatic carbocycles. The van der Waals surface area contributed by atoms with E-state index in [0.29, 0.717) is 17.4 Å². The summed E-state index contributed by atoms with van der Waals surface area (Å²) in [6.45, 7) is 4.01. The summed E-state index contributed by atoms with van der Waals surface area (Å²) >= 11 is 2.71. The lowest BCUT2D eigenvalue weighted by Gasteiger charge is -2.17. The number of carbonyl (C=O) groups excluding carboxylic acids is 2. The number of aliphatic carboxylic acids is 1. The van der Waals surface area contributed by atoms with Crippen LogP contribution in [0.15, 0.2) is 53.9 Å². The standard InChI is InChI=1S/C26H27N3O5S2/c1-3-29(16(2)30)25-27-17(14-36-25)13-35-15-23(24(31)32)28-26(33)34-12-22-20-10-6-4-8-18(20)19-9-5-7-11-21(19)22/h4-11,14,22-23H,3,12-13,15H2,1-2H3,(H,28,33)(H,31,32). The third-order valence-electron chi connectivity index (χ3n) is 5.94. The third-order valence-corrected chi connectivity index (χ3v) is 7.92. The van der Waals surface area contributed by atoms with E-state index in [1.165, 1.54) is 30.0 Å². The largest absolute Gasteiger partial charge is 0.480 e. The van der Waals surface area contributed by atoms with Crippen LogP contribution in [0, 0.1) is 0 Å². The first kappa shape index (κ1) is 25.7. The van der Waals surface area contributed by atoms with E-state index in [4.69, 9.17) is 4.74 Å². The molecule has 1 aromatic heterocycles. The van der Waals surface area contributed by atoms with Crippen LogP contribution in [0.5, 0.6) is 0 Å². The molecule has 36 heavy (non-hydrogen) atoms. The number of nitrogens with one attached hydrogen (secondary N) is 1. The Morgan fingerprint density at radius 3 is 2.36 bits per heavy atom. The van der Waals surface area contributed by atoms with E-state index in [1.54, 1.807) is 4.90 Å². The number of benzene rings is 2. The molecule has 1 heterocycles. The second-order valence-corrected chi connectivity index (χ2v) is 10.1. The number of nitrogens with zero attached hydrogens (tertiary/aromatic N) is 2. The van der Waals surface area contributed by atoms with Gasteiger partial charge in [-0.05, 0) is 29.2 Å². The van der Waals surface area contributed by atoms with Gasteiger partial charge < -0.3 is 15.2 Å². The number of alkyl carbamates (subject to hydrolysis) is 1. The highest BCUT2D eigenvalue weighted by Crippen LogP contribution is 2.44. The molecule has 2 N–H and O–H groups in total. The van der Waals surface area contributed by atoms with Crippen LogP contribution < -0.4 is 10.2 Å². The normalized spacial score (nSPS) is 12.9. The molecule has 4 rings (SSSR count). The zero-order valence-electron chi connectivity index (χ0n) is 20.0. The number of hydrogen-bond acceptors (Lipinski definition) is 7. The molecule has 0 aliphatic heterocycles. The lowest BCUT2D eigenvalue weighted by Crippen LogP contribution is -2.43. The predicted molar refractivity (Wildman–Crippen MR) is 142 cm³/mol. The molecular weight excluding hydrogens is 498 g/mol. The van der Waals surface area contributed by atoms with Gasteiger partial charge in [-0.3, -0.25) is 9.69 Å². The summed E-state index contributed by atoms with van der Waals surface area (Å²) in [5.41, 5.74) is 5.18. The summed E-state index contributed by atoms with van der Waals surface area (Å²) in [5, 5.41) is 14.5. The quantitative estimate of drug-likeness (QED) is 0.393. The number of carbonyl (C=O) groups is 3. The van der Waals surface area contributed by atoms with Crippen molar-refractivity contribution in [3.8, 4) is 11.1 Å². The lowest BCUT2D eigenvalue weighted by atomic mass is 9.98. The molecular formula is C26H27N3O5S2. The molecule has 1 unspecified atom stereocenters. The van der Waals surface area contributed by atoms with E-state index >= 15 is 0 Å². The first-order chi connectivity index (χ1) is 17.4. The lowest BCUT2D eigenvalue weighted by molar-refractivity contribution is -0.138. The number of thiazole rings is 1. The van der Waals surface area contributed by atoms with E-state index in [-0.39, 0.29) is 24.2 Å². The number of fused-ring (bicyclic) bond motifs is 3. The molecule has 10 heteroatoms. The fraction of sp³-hybridized carbons (Fsp3) is 0.308. The van der Waals surface area contributed by atoms with E-state index in [0.717, 1.165) is 27.9 Å². The van der Waals surface area contributed by atoms with E-state index in [1.807, 2.05) is 48.7 Å². The maximum atomic E-state index is 12.5. The van der Waals surface area contributed by atoms with Crippen molar-refractivity contribution in [3.63, 3.8) is 0 Å². The van der Waals surface area contributed by atoms with Crippen LogP contribution in [0.3, 0.4) is 0 Å². The highest BCUT2D eigenvalue weighted by Gasteiger charge is 2.29. The maximum absolute atomic E-state index is 12.5. The molecule has 1 atom stereocenters. The Hall–Kier alpha value is -3.37. The summed E-state index contributed by atoms with van der Waals surface area (Å²) in [7, 11) is 0. The molecule has 2 aromatic carbocycles. The topological polar surface area (TPSA) is 109 Å². The first-order valence-electron chi connectivity index (χ1n) is 11.5. The highest BCUT2D eigenvalue weighted by molar-refractivity contribution is 7.98. The molecule has 0 radical (unpaired) electrons. The zero-order valence-corrected chi connectivity index (χ0v) is 21.6. The van der Waals surface area contributed by atoms with Gasteiger partial charge in [-0.2, -0.15) is 11.8 Å². The number of carboxylic acid groups (broad SMARTS) is 1. The molecule has 0 fully saturated rings. The fourth-order valence-corrected chi connectivity index (χ4v) is 6.19. The van der Waals surface area contributed by atoms with Crippen LogP contribution in [0.25, 0.3) is 11.1 Å². The Balaban J connectivity index is 1.30. The van der Waals surface area contributed by atoms with Gasteiger partial charge in [0.05, 0.1) is 5.69 Å². The van der Waals surface area contributed by atoms with Gasteiger partial charge in [-0.1, -0.05) is 48.5 Å². The van der Waals surface area contributed by atoms with Crippen LogP contribution in [0.2, 0.25) is 0 Å². The molecule has 3 aromatic rings. The second kappa shape index (κ2) is 11.6. The minimum Gasteiger partial charge on any atom is -0.480 e. The number of hydrogen-bond donors (Lipinski definition) is 2. The Kier molecular flexibility index (Phi) is 8.27. The molecule has 0 saturated heterocycles. The van der Waals surface area contributed by atoms with Crippen molar-refractivity contribution in [2.75, 3.05) is 23.8 Å². The Morgan fingerprint density at radius 2 is 1.78 bits per heavy atom. The van der Waals surface area contributed by atoms with Crippen LogP contribution in [0.1, 0.15) is 36.6 Å². The molecule has 0 bridgehead atoms. The third kappa shape index (κ3) is 5.71. The number of rotatable bonds is 10. The van der Waals surface area contributed by atoms with Crippen molar-refractivity contribution in [1.29, 1.82) is 0 Å². The van der Waals surface area contributed by atoms with Crippen LogP contribution in [-0.4, -0.2) is 53.0 Å². The van der Waals surface area contributed by atoms with Crippen LogP contribution in [0.4, 0.5) is 9.93 Å². The number of anilines is 1. The molecule has 0 saturated carbocycles. The Labute approximate surface area is 217 Å². The number of thioether (sulfide) groups is 1. The summed E-state index contributed by atoms with van der Waals surface area (Å²) < 4.78 is 5.48. The van der Waals surface area contributed by atoms with Crippen molar-refractivity contribution in [3.05, 3.63) is 70.7 Å². The van der Waals surface area contributed by atoms with Crippen LogP contribution in [-0.2, 0) is 20.1 Å². The van der Waals surface area contributed by atoms with Gasteiger partial charge in [0.15, 0.2) is 5.13 Å². The SMILES string of the molecule is CCN(C(C)=O)c1nc(CSCC(NC(=O)OCC2c3ccccc3-c3ccccc32)C(=O)O)cs1. The van der Waals surface area contributed by atoms with E-state index in [2.05, 4.69) is 22.4 Å².